The molecule has 2 saturated heterocycles. The van der Waals surface area contributed by atoms with Crippen LogP contribution < -0.4 is 5.32 Å². The average molecular weight is 1870 g/mol. The van der Waals surface area contributed by atoms with Crippen molar-refractivity contribution in [2.75, 3.05) is 26.4 Å². The Morgan fingerprint density at radius 2 is 0.644 bits per heavy atom. The van der Waals surface area contributed by atoms with Gasteiger partial charge in [-0.15, -0.1) is 0 Å². The predicted octanol–water partition coefficient (Wildman–Crippen LogP) is 29.1. The van der Waals surface area contributed by atoms with Gasteiger partial charge in [0, 0.05) is 48.9 Å². The summed E-state index contributed by atoms with van der Waals surface area (Å²) in [6.45, 7) is 26.1. The van der Waals surface area contributed by atoms with Crippen molar-refractivity contribution in [3.8, 4) is 0 Å². The van der Waals surface area contributed by atoms with Crippen molar-refractivity contribution in [3.63, 3.8) is 0 Å². The molecular weight excluding hydrogens is 1690 g/mol. The van der Waals surface area contributed by atoms with Crippen LogP contribution in [-0.4, -0.2) is 116 Å². The second-order valence-corrected chi connectivity index (χ2v) is 38.5. The molecule has 2 N–H and O–H groups in total. The molecule has 16 atom stereocenters. The maximum absolute atomic E-state index is 14.0. The van der Waals surface area contributed by atoms with Crippen molar-refractivity contribution in [1.29, 1.82) is 0 Å². The molecule has 2 heterocycles. The number of nitrogens with one attached hydrogen (secondary N) is 1. The Labute approximate surface area is 815 Å². The molecule has 0 radical (unpaired) electrons. The van der Waals surface area contributed by atoms with E-state index in [0.29, 0.717) is 83.5 Å². The number of ether oxygens (including phenoxy) is 10. The molecule has 135 heavy (non-hydrogen) atoms. The monoisotopic (exact) mass is 1870 g/mol. The maximum Gasteiger partial charge on any atom is 0.303 e. The number of aliphatic carboxylic acids is 1. The number of carboxylic acid groups (broad SMARTS) is 1. The standard InChI is InChI=1S/C58H89NO7.C48H71N3O5.C10H18O3/c1-6-8-10-12-13-14-15-16-17-18-19-30-38-54(63-42-50-33-25-21-26-34-50)57(64-43-51-35-27-22-28-36-51)53(59-56(61)40-39-52(60)37-29-11-9-7-2)44-65-58-48(5)46(3)47(4)55(66-58)45-62-41-49-31-23-20-24-32-49;1-5-6-7-8-9-10-11-12-13-14-15-25-32-45(53-34-42-28-21-17-22-29-42)47(54-35-43-30-23-18-24-31-43)44(50-51-49)36-55-48-40(4)38(2)39(3)46(56-48)37-52-33-41-26-19-16-20-27-41;1-2-3-4-5-6-9(11)7-8-10(12)13/h20-28,31-36,46-48,53-55,57-58H,6-19,29-30,37-45H2,1-5H3,(H,59,61);16-24,26-31,38-40,44-48H,5-15,25,32-37H2,1-4H3;2-8H2,1H3,(H,12,13)/t46-,47+,48?,53-,54+,55?,57-,58-;38-,39+,40?,44-,45+,46?,47-,48-;/m00./s1. The van der Waals surface area contributed by atoms with Gasteiger partial charge in [0.25, 0.3) is 0 Å². The number of azide groups is 1. The summed E-state index contributed by atoms with van der Waals surface area (Å²) in [5.41, 5.74) is 16.4. The molecule has 0 saturated carbocycles. The molecule has 0 aromatic heterocycles. The summed E-state index contributed by atoms with van der Waals surface area (Å²) < 4.78 is 66.6. The zero-order valence-corrected chi connectivity index (χ0v) is 84.9. The molecule has 0 spiro atoms. The molecule has 4 unspecified atom stereocenters. The van der Waals surface area contributed by atoms with Crippen LogP contribution in [0.15, 0.2) is 187 Å². The van der Waals surface area contributed by atoms with Gasteiger partial charge in [0.2, 0.25) is 5.91 Å². The second kappa shape index (κ2) is 74.5. The Kier molecular flexibility index (Phi) is 64.2. The van der Waals surface area contributed by atoms with Gasteiger partial charge < -0.3 is 57.8 Å². The largest absolute Gasteiger partial charge is 0.481 e. The Bertz CT molecular complexity index is 3940. The number of carbonyl (C=O) groups is 4. The van der Waals surface area contributed by atoms with Crippen LogP contribution >= 0.6 is 0 Å². The van der Waals surface area contributed by atoms with Gasteiger partial charge in [-0.25, -0.2) is 0 Å². The first kappa shape index (κ1) is 116. The van der Waals surface area contributed by atoms with Gasteiger partial charge in [0.1, 0.15) is 17.7 Å². The highest BCUT2D eigenvalue weighted by Gasteiger charge is 2.44. The van der Waals surface area contributed by atoms with E-state index in [9.17, 15) is 24.7 Å². The van der Waals surface area contributed by atoms with Crippen molar-refractivity contribution in [2.24, 2.45) is 40.6 Å². The summed E-state index contributed by atoms with van der Waals surface area (Å²) in [4.78, 5) is 51.5. The number of amides is 1. The smallest absolute Gasteiger partial charge is 0.303 e. The Balaban J connectivity index is 0.000000369. The molecule has 1 amide bonds. The highest BCUT2D eigenvalue weighted by molar-refractivity contribution is 5.85. The minimum atomic E-state index is -0.887. The summed E-state index contributed by atoms with van der Waals surface area (Å²) in [6, 6.07) is 60.1. The molecule has 752 valence electrons. The lowest BCUT2D eigenvalue weighted by Gasteiger charge is -2.44. The minimum Gasteiger partial charge on any atom is -0.481 e. The fraction of sp³-hybridized carbons (Fsp3) is 0.655. The van der Waals surface area contributed by atoms with Crippen LogP contribution in [0.2, 0.25) is 0 Å². The van der Waals surface area contributed by atoms with E-state index in [4.69, 9.17) is 52.5 Å². The lowest BCUT2D eigenvalue weighted by molar-refractivity contribution is -0.262. The Hall–Kier alpha value is -7.49. The van der Waals surface area contributed by atoms with E-state index in [-0.39, 0.29) is 98.5 Å². The molecule has 8 rings (SSSR count). The molecule has 2 fully saturated rings. The number of benzene rings is 6. The third-order valence-electron chi connectivity index (χ3n) is 27.4. The summed E-state index contributed by atoms with van der Waals surface area (Å²) in [7, 11) is 0. The van der Waals surface area contributed by atoms with Crippen molar-refractivity contribution < 1.29 is 71.7 Å². The SMILES string of the molecule is CCCCCCC(=O)CCC(=O)O.CCCCCCCCCCCCCC[C@@H](OCc1ccccc1)[C@@H](OCc1ccccc1)[C@H](CO[C@H]1OC(COCc2ccccc2)[C@H](C)[C@H](C)C1C)N=[N+]=[N-].CCCCCCCCCCCCCC[C@@H](OCc1ccccc1)[C@@H](OCc1ccccc1)[C@H](CO[C@H]1OC(COCc2ccccc2)[C@H](C)[C@H](C)C1C)NC(=O)CCC(=O)CCCCCC. The van der Waals surface area contributed by atoms with Crippen molar-refractivity contribution in [1.82, 2.24) is 5.32 Å². The number of hydrogen-bond acceptors (Lipinski definition) is 15. The lowest BCUT2D eigenvalue weighted by atomic mass is 9.79. The number of Topliss-reactive ketones (excluding diaryl/α,β-unsaturated/α-hetero) is 2. The first-order valence-electron chi connectivity index (χ1n) is 52.9. The van der Waals surface area contributed by atoms with E-state index >= 15 is 0 Å². The number of carbonyl (C=O) groups excluding carboxylic acids is 3. The molecule has 19 nitrogen and oxygen atoms in total. The van der Waals surface area contributed by atoms with E-state index < -0.39 is 42.8 Å². The van der Waals surface area contributed by atoms with Gasteiger partial charge in [0.05, 0.1) is 115 Å². The Morgan fingerprint density at radius 3 is 0.985 bits per heavy atom. The zero-order chi connectivity index (χ0) is 96.8. The molecule has 0 aliphatic carbocycles. The number of unbranched alkanes of at least 4 members (excludes halogenated alkanes) is 28. The van der Waals surface area contributed by atoms with Crippen molar-refractivity contribution in [3.05, 3.63) is 226 Å². The minimum absolute atomic E-state index is 0.0212. The summed E-state index contributed by atoms with van der Waals surface area (Å²) in [6.07, 6.45) is 39.3. The number of hydrogen-bond donors (Lipinski definition) is 2. The van der Waals surface area contributed by atoms with E-state index in [1.54, 1.807) is 0 Å². The fourth-order valence-corrected chi connectivity index (χ4v) is 18.0. The van der Waals surface area contributed by atoms with Gasteiger partial charge in [0.15, 0.2) is 12.6 Å². The van der Waals surface area contributed by atoms with Gasteiger partial charge in [-0.05, 0) is 88.3 Å². The van der Waals surface area contributed by atoms with E-state index in [2.05, 4.69) is 157 Å². The summed E-state index contributed by atoms with van der Waals surface area (Å²) in [5, 5.41) is 16.0. The van der Waals surface area contributed by atoms with Crippen molar-refractivity contribution >= 4 is 23.4 Å². The topological polar surface area (TPSA) is 242 Å². The highest BCUT2D eigenvalue weighted by atomic mass is 16.7. The first-order chi connectivity index (χ1) is 65.9. The highest BCUT2D eigenvalue weighted by Crippen LogP contribution is 2.39. The third-order valence-corrected chi connectivity index (χ3v) is 27.4. The lowest BCUT2D eigenvalue weighted by Crippen LogP contribution is -2.55. The molecule has 2 aliphatic rings. The molecule has 6 aromatic rings. The molecule has 0 bridgehead atoms. The van der Waals surface area contributed by atoms with Crippen LogP contribution in [0.4, 0.5) is 0 Å². The summed E-state index contributed by atoms with van der Waals surface area (Å²) >= 11 is 0. The fourth-order valence-electron chi connectivity index (χ4n) is 18.0. The number of ketones is 2. The molecule has 19 heteroatoms. The first-order valence-corrected chi connectivity index (χ1v) is 52.9. The molecule has 6 aromatic carbocycles. The number of nitrogens with zero attached hydrogens (tertiary/aromatic N) is 3. The molecule has 2 aliphatic heterocycles. The van der Waals surface area contributed by atoms with Gasteiger partial charge in [-0.1, -0.05) is 449 Å². The van der Waals surface area contributed by atoms with Gasteiger partial charge in [-0.3, -0.25) is 19.2 Å². The van der Waals surface area contributed by atoms with Crippen LogP contribution in [-0.2, 0) is 106 Å². The normalized spacial score (nSPS) is 19.5. The second-order valence-electron chi connectivity index (χ2n) is 38.5. The van der Waals surface area contributed by atoms with Crippen LogP contribution in [0.1, 0.15) is 359 Å². The van der Waals surface area contributed by atoms with Gasteiger partial charge >= 0.3 is 5.97 Å². The molecular formula is C116H178N4O15. The van der Waals surface area contributed by atoms with E-state index in [0.717, 1.165) is 123 Å². The Morgan fingerprint density at radius 1 is 0.348 bits per heavy atom. The van der Waals surface area contributed by atoms with Crippen LogP contribution in [0, 0.1) is 35.5 Å². The third kappa shape index (κ3) is 51.3. The predicted molar refractivity (Wildman–Crippen MR) is 546 cm³/mol. The van der Waals surface area contributed by atoms with Gasteiger partial charge in [-0.2, -0.15) is 0 Å². The number of rotatable bonds is 74. The van der Waals surface area contributed by atoms with Crippen LogP contribution in [0.5, 0.6) is 0 Å². The summed E-state index contributed by atoms with van der Waals surface area (Å²) in [5.74, 6) is 0.589. The van der Waals surface area contributed by atoms with Crippen LogP contribution in [0.3, 0.4) is 0 Å². The van der Waals surface area contributed by atoms with E-state index in [1.165, 1.54) is 128 Å². The van der Waals surface area contributed by atoms with Crippen LogP contribution in [0.25, 0.3) is 10.4 Å². The van der Waals surface area contributed by atoms with Crippen molar-refractivity contribution in [2.45, 2.75) is 427 Å². The van der Waals surface area contributed by atoms with E-state index in [1.807, 2.05) is 109 Å². The average Bonchev–Trinajstić information content (AvgIpc) is 0.813. The zero-order valence-electron chi connectivity index (χ0n) is 84.9. The quantitative estimate of drug-likeness (QED) is 0.0156. The maximum atomic E-state index is 14.0. The number of carboxylic acids is 1.